The second-order valence-corrected chi connectivity index (χ2v) is 8.94. The van der Waals surface area contributed by atoms with Crippen LogP contribution in [0.15, 0.2) is 0 Å². The smallest absolute Gasteiger partial charge is 0.282 e. The first-order valence-corrected chi connectivity index (χ1v) is 9.24. The molecule has 3 aliphatic heterocycles. The molecule has 3 fully saturated rings. The highest BCUT2D eigenvalue weighted by molar-refractivity contribution is 7.86. The molecule has 1 N–H and O–H groups in total. The number of nitrogens with zero attached hydrogens (tertiary/aromatic N) is 2. The van der Waals surface area contributed by atoms with Crippen molar-refractivity contribution in [3.63, 3.8) is 0 Å². The van der Waals surface area contributed by atoms with Gasteiger partial charge in [0, 0.05) is 25.2 Å². The van der Waals surface area contributed by atoms with Gasteiger partial charge in [-0.05, 0) is 43.9 Å². The molecule has 0 aliphatic carbocycles. The number of aliphatic hydroxyl groups excluding tert-OH is 1. The zero-order chi connectivity index (χ0) is 14.5. The van der Waals surface area contributed by atoms with Crippen molar-refractivity contribution in [1.29, 1.82) is 0 Å². The second kappa shape index (κ2) is 5.23. The lowest BCUT2D eigenvalue weighted by atomic mass is 9.94. The van der Waals surface area contributed by atoms with Crippen LogP contribution < -0.4 is 0 Å². The summed E-state index contributed by atoms with van der Waals surface area (Å²) in [5.41, 5.74) is 0. The van der Waals surface area contributed by atoms with Crippen molar-refractivity contribution in [1.82, 2.24) is 8.61 Å². The molecule has 0 saturated carbocycles. The van der Waals surface area contributed by atoms with Crippen LogP contribution in [-0.4, -0.2) is 53.4 Å². The number of fused-ring (bicyclic) bond motifs is 2. The topological polar surface area (TPSA) is 60.9 Å². The van der Waals surface area contributed by atoms with Crippen LogP contribution >= 0.6 is 0 Å². The van der Waals surface area contributed by atoms with E-state index in [1.807, 2.05) is 0 Å². The normalized spacial score (nSPS) is 43.9. The Kier molecular flexibility index (Phi) is 3.86. The van der Waals surface area contributed by atoms with Gasteiger partial charge in [0.2, 0.25) is 0 Å². The lowest BCUT2D eigenvalue weighted by molar-refractivity contribution is 0.0715. The van der Waals surface area contributed by atoms with Crippen molar-refractivity contribution in [2.75, 3.05) is 13.1 Å². The first-order valence-electron chi connectivity index (χ1n) is 7.84. The summed E-state index contributed by atoms with van der Waals surface area (Å²) >= 11 is 0. The molecule has 2 bridgehead atoms. The molecule has 6 heteroatoms. The van der Waals surface area contributed by atoms with Gasteiger partial charge in [-0.1, -0.05) is 13.8 Å². The maximum Gasteiger partial charge on any atom is 0.282 e. The fraction of sp³-hybridized carbons (Fsp3) is 1.00. The van der Waals surface area contributed by atoms with Crippen molar-refractivity contribution in [2.45, 2.75) is 64.1 Å². The molecule has 0 radical (unpaired) electrons. The summed E-state index contributed by atoms with van der Waals surface area (Å²) in [4.78, 5) is 0. The minimum atomic E-state index is -3.35. The van der Waals surface area contributed by atoms with Crippen LogP contribution in [0, 0.1) is 11.8 Å². The molecule has 4 unspecified atom stereocenters. The number of hydrogen-bond donors (Lipinski definition) is 1. The summed E-state index contributed by atoms with van der Waals surface area (Å²) in [5, 5.41) is 9.83. The summed E-state index contributed by atoms with van der Waals surface area (Å²) in [6.07, 6.45) is 3.80. The molecule has 0 aromatic rings. The Morgan fingerprint density at radius 3 is 1.95 bits per heavy atom. The summed E-state index contributed by atoms with van der Waals surface area (Å²) in [5.74, 6) is 0.864. The SMILES string of the molecule is CC1CC(C)CN(S(=O)(=O)N2C3CCC2CC(O)C3)C1. The van der Waals surface area contributed by atoms with Gasteiger partial charge < -0.3 is 5.11 Å². The van der Waals surface area contributed by atoms with Crippen molar-refractivity contribution in [3.8, 4) is 0 Å². The van der Waals surface area contributed by atoms with Crippen molar-refractivity contribution >= 4 is 10.2 Å². The molecular formula is C14H26N2O3S. The van der Waals surface area contributed by atoms with Gasteiger partial charge in [-0.2, -0.15) is 17.0 Å². The molecule has 0 amide bonds. The zero-order valence-electron chi connectivity index (χ0n) is 12.4. The predicted octanol–water partition coefficient (Wildman–Crippen LogP) is 1.20. The van der Waals surface area contributed by atoms with Gasteiger partial charge in [0.1, 0.15) is 0 Å². The molecule has 3 heterocycles. The van der Waals surface area contributed by atoms with Crippen molar-refractivity contribution in [3.05, 3.63) is 0 Å². The van der Waals surface area contributed by atoms with Crippen molar-refractivity contribution in [2.24, 2.45) is 11.8 Å². The number of aliphatic hydroxyl groups is 1. The van der Waals surface area contributed by atoms with Crippen LogP contribution in [0.1, 0.15) is 46.0 Å². The minimum absolute atomic E-state index is 0.0151. The monoisotopic (exact) mass is 302 g/mol. The van der Waals surface area contributed by atoms with E-state index in [1.54, 1.807) is 8.61 Å². The van der Waals surface area contributed by atoms with Crippen LogP contribution in [0.25, 0.3) is 0 Å². The van der Waals surface area contributed by atoms with Gasteiger partial charge >= 0.3 is 0 Å². The molecule has 5 nitrogen and oxygen atoms in total. The minimum Gasteiger partial charge on any atom is -0.393 e. The number of rotatable bonds is 2. The Morgan fingerprint density at radius 2 is 1.45 bits per heavy atom. The predicted molar refractivity (Wildman–Crippen MR) is 77.3 cm³/mol. The largest absolute Gasteiger partial charge is 0.393 e. The molecule has 20 heavy (non-hydrogen) atoms. The number of piperidine rings is 2. The molecule has 3 rings (SSSR count). The first-order chi connectivity index (χ1) is 9.38. The average Bonchev–Trinajstić information content (AvgIpc) is 2.62. The van der Waals surface area contributed by atoms with E-state index >= 15 is 0 Å². The Bertz CT molecular complexity index is 443. The molecule has 4 atom stereocenters. The van der Waals surface area contributed by atoms with Gasteiger partial charge in [-0.15, -0.1) is 0 Å². The third-order valence-electron chi connectivity index (χ3n) is 5.07. The fourth-order valence-electron chi connectivity index (χ4n) is 4.41. The van der Waals surface area contributed by atoms with Gasteiger partial charge in [-0.3, -0.25) is 0 Å². The maximum atomic E-state index is 13.0. The molecule has 0 spiro atoms. The van der Waals surface area contributed by atoms with Gasteiger partial charge in [0.05, 0.1) is 6.10 Å². The van der Waals surface area contributed by atoms with Crippen LogP contribution in [-0.2, 0) is 10.2 Å². The maximum absolute atomic E-state index is 13.0. The van der Waals surface area contributed by atoms with E-state index in [0.717, 1.165) is 19.3 Å². The molecule has 0 aromatic carbocycles. The van der Waals surface area contributed by atoms with Gasteiger partial charge in [-0.25, -0.2) is 0 Å². The first kappa shape index (κ1) is 14.8. The van der Waals surface area contributed by atoms with Crippen LogP contribution in [0.2, 0.25) is 0 Å². The van der Waals surface area contributed by atoms with E-state index in [-0.39, 0.29) is 18.2 Å². The summed E-state index contributed by atoms with van der Waals surface area (Å²) in [6, 6.07) is 0.0302. The molecule has 116 valence electrons. The van der Waals surface area contributed by atoms with Gasteiger partial charge in [0.25, 0.3) is 10.2 Å². The third-order valence-corrected chi connectivity index (χ3v) is 7.15. The standard InChI is InChI=1S/C14H26N2O3S/c1-10-5-11(2)9-15(8-10)20(18,19)16-12-3-4-13(16)7-14(17)6-12/h10-14,17H,3-9H2,1-2H3. The van der Waals surface area contributed by atoms with E-state index in [1.165, 1.54) is 0 Å². The highest BCUT2D eigenvalue weighted by Gasteiger charge is 2.49. The van der Waals surface area contributed by atoms with Crippen molar-refractivity contribution < 1.29 is 13.5 Å². The third kappa shape index (κ3) is 2.51. The zero-order valence-corrected chi connectivity index (χ0v) is 13.2. The lowest BCUT2D eigenvalue weighted by Crippen LogP contribution is -2.55. The second-order valence-electron chi connectivity index (χ2n) is 7.11. The van der Waals surface area contributed by atoms with E-state index < -0.39 is 10.2 Å². The summed E-state index contributed by atoms with van der Waals surface area (Å²) < 4.78 is 29.4. The quantitative estimate of drug-likeness (QED) is 0.834. The van der Waals surface area contributed by atoms with Crippen LogP contribution in [0.4, 0.5) is 0 Å². The molecule has 0 aromatic heterocycles. The molecule has 3 saturated heterocycles. The Hall–Kier alpha value is -0.170. The average molecular weight is 302 g/mol. The lowest BCUT2D eigenvalue weighted by Gasteiger charge is -2.42. The summed E-state index contributed by atoms with van der Waals surface area (Å²) in [6.45, 7) is 5.55. The summed E-state index contributed by atoms with van der Waals surface area (Å²) in [7, 11) is -3.35. The van der Waals surface area contributed by atoms with E-state index in [0.29, 0.717) is 37.8 Å². The molecule has 3 aliphatic rings. The van der Waals surface area contributed by atoms with E-state index in [4.69, 9.17) is 0 Å². The highest BCUT2D eigenvalue weighted by atomic mass is 32.2. The van der Waals surface area contributed by atoms with E-state index in [2.05, 4.69) is 13.8 Å². The van der Waals surface area contributed by atoms with Gasteiger partial charge in [0.15, 0.2) is 0 Å². The highest BCUT2D eigenvalue weighted by Crippen LogP contribution is 2.39. The number of hydrogen-bond acceptors (Lipinski definition) is 3. The Labute approximate surface area is 122 Å². The molecular weight excluding hydrogens is 276 g/mol. The van der Waals surface area contributed by atoms with Crippen LogP contribution in [0.5, 0.6) is 0 Å². The Balaban J connectivity index is 1.82. The fourth-order valence-corrected chi connectivity index (χ4v) is 6.70. The van der Waals surface area contributed by atoms with Crippen LogP contribution in [0.3, 0.4) is 0 Å². The van der Waals surface area contributed by atoms with E-state index in [9.17, 15) is 13.5 Å². The Morgan fingerprint density at radius 1 is 0.950 bits per heavy atom.